The van der Waals surface area contributed by atoms with Gasteiger partial charge in [0.1, 0.15) is 0 Å². The van der Waals surface area contributed by atoms with Crippen molar-refractivity contribution in [1.82, 2.24) is 5.32 Å². The molecule has 0 fully saturated rings. The third-order valence-electron chi connectivity index (χ3n) is 2.80. The standard InChI is InChI=1S/C17H25NO2/c1-6-7-8-12-20-16-14(13-18-17(2,3)4)10-9-11-15(16)19-5/h1,9-11,18H,7-8,12-13H2,2-5H3. The third-order valence-corrected chi connectivity index (χ3v) is 2.80. The van der Waals surface area contributed by atoms with Gasteiger partial charge in [0.05, 0.1) is 13.7 Å². The second-order valence-corrected chi connectivity index (χ2v) is 5.71. The lowest BCUT2D eigenvalue weighted by Crippen LogP contribution is -2.35. The van der Waals surface area contributed by atoms with Gasteiger partial charge in [0, 0.05) is 24.1 Å². The van der Waals surface area contributed by atoms with Gasteiger partial charge in [-0.3, -0.25) is 0 Å². The van der Waals surface area contributed by atoms with Crippen LogP contribution in [0.2, 0.25) is 0 Å². The summed E-state index contributed by atoms with van der Waals surface area (Å²) in [6.07, 6.45) is 6.82. The van der Waals surface area contributed by atoms with Crippen LogP contribution in [0.25, 0.3) is 0 Å². The zero-order valence-electron chi connectivity index (χ0n) is 13.0. The van der Waals surface area contributed by atoms with E-state index in [-0.39, 0.29) is 5.54 Å². The maximum atomic E-state index is 5.87. The molecule has 1 aromatic rings. The highest BCUT2D eigenvalue weighted by molar-refractivity contribution is 5.46. The summed E-state index contributed by atoms with van der Waals surface area (Å²) in [6, 6.07) is 5.95. The van der Waals surface area contributed by atoms with Crippen LogP contribution in [0.15, 0.2) is 18.2 Å². The highest BCUT2D eigenvalue weighted by Gasteiger charge is 2.14. The van der Waals surface area contributed by atoms with Crippen LogP contribution in [-0.4, -0.2) is 19.3 Å². The number of hydrogen-bond acceptors (Lipinski definition) is 3. The van der Waals surface area contributed by atoms with Gasteiger partial charge < -0.3 is 14.8 Å². The van der Waals surface area contributed by atoms with Crippen LogP contribution < -0.4 is 14.8 Å². The van der Waals surface area contributed by atoms with Crippen LogP contribution in [0.3, 0.4) is 0 Å². The lowest BCUT2D eigenvalue weighted by molar-refractivity contribution is 0.285. The number of rotatable bonds is 7. The fourth-order valence-electron chi connectivity index (χ4n) is 1.73. The molecule has 0 saturated heterocycles. The molecule has 0 aromatic heterocycles. The highest BCUT2D eigenvalue weighted by atomic mass is 16.5. The van der Waals surface area contributed by atoms with Gasteiger partial charge in [-0.25, -0.2) is 0 Å². The lowest BCUT2D eigenvalue weighted by atomic mass is 10.1. The minimum Gasteiger partial charge on any atom is -0.493 e. The molecular formula is C17H25NO2. The molecular weight excluding hydrogens is 250 g/mol. The number of nitrogens with one attached hydrogen (secondary N) is 1. The Balaban J connectivity index is 2.79. The van der Waals surface area contributed by atoms with Crippen molar-refractivity contribution in [2.24, 2.45) is 0 Å². The molecule has 1 aromatic carbocycles. The maximum absolute atomic E-state index is 5.87. The minimum atomic E-state index is 0.0593. The summed E-state index contributed by atoms with van der Waals surface area (Å²) in [5.41, 5.74) is 1.16. The average Bonchev–Trinajstić information content (AvgIpc) is 2.41. The second kappa shape index (κ2) is 7.81. The first-order valence-corrected chi connectivity index (χ1v) is 6.95. The number of hydrogen-bond donors (Lipinski definition) is 1. The van der Waals surface area contributed by atoms with Gasteiger partial charge in [0.2, 0.25) is 0 Å². The number of methoxy groups -OCH3 is 1. The first kappa shape index (κ1) is 16.4. The van der Waals surface area contributed by atoms with Crippen LogP contribution in [0, 0.1) is 12.3 Å². The van der Waals surface area contributed by atoms with E-state index in [1.54, 1.807) is 7.11 Å². The minimum absolute atomic E-state index is 0.0593. The Kier molecular flexibility index (Phi) is 6.41. The molecule has 3 nitrogen and oxygen atoms in total. The van der Waals surface area contributed by atoms with Crippen molar-refractivity contribution in [3.05, 3.63) is 23.8 Å². The Morgan fingerprint density at radius 3 is 2.65 bits per heavy atom. The monoisotopic (exact) mass is 275 g/mol. The Bertz CT molecular complexity index is 455. The molecule has 3 heteroatoms. The highest BCUT2D eigenvalue weighted by Crippen LogP contribution is 2.31. The predicted octanol–water partition coefficient (Wildman–Crippen LogP) is 3.38. The first-order valence-electron chi connectivity index (χ1n) is 6.95. The molecule has 0 aliphatic rings. The molecule has 1 rings (SSSR count). The van der Waals surface area contributed by atoms with E-state index in [0.717, 1.165) is 36.4 Å². The molecule has 0 amide bonds. The summed E-state index contributed by atoms with van der Waals surface area (Å²) >= 11 is 0. The number of unbranched alkanes of at least 4 members (excludes halogenated alkanes) is 1. The Labute approximate surface area is 122 Å². The summed E-state index contributed by atoms with van der Waals surface area (Å²) in [5, 5.41) is 3.46. The van der Waals surface area contributed by atoms with Crippen LogP contribution in [0.4, 0.5) is 0 Å². The van der Waals surface area contributed by atoms with Crippen LogP contribution >= 0.6 is 0 Å². The van der Waals surface area contributed by atoms with Crippen molar-refractivity contribution in [3.8, 4) is 23.8 Å². The van der Waals surface area contributed by atoms with E-state index in [0.29, 0.717) is 6.61 Å². The zero-order chi connectivity index (χ0) is 15.0. The summed E-state index contributed by atoms with van der Waals surface area (Å²) in [6.45, 7) is 7.76. The quantitative estimate of drug-likeness (QED) is 0.611. The summed E-state index contributed by atoms with van der Waals surface area (Å²) < 4.78 is 11.2. The summed E-state index contributed by atoms with van der Waals surface area (Å²) in [7, 11) is 1.66. The molecule has 20 heavy (non-hydrogen) atoms. The van der Waals surface area contributed by atoms with Gasteiger partial charge in [0.25, 0.3) is 0 Å². The van der Waals surface area contributed by atoms with E-state index in [1.165, 1.54) is 0 Å². The lowest BCUT2D eigenvalue weighted by Gasteiger charge is -2.22. The van der Waals surface area contributed by atoms with Gasteiger partial charge in [-0.1, -0.05) is 12.1 Å². The molecule has 0 saturated carbocycles. The molecule has 0 heterocycles. The Morgan fingerprint density at radius 2 is 2.05 bits per heavy atom. The van der Waals surface area contributed by atoms with Crippen LogP contribution in [0.5, 0.6) is 11.5 Å². The van der Waals surface area contributed by atoms with Gasteiger partial charge in [0.15, 0.2) is 11.5 Å². The van der Waals surface area contributed by atoms with Gasteiger partial charge >= 0.3 is 0 Å². The van der Waals surface area contributed by atoms with Crippen molar-refractivity contribution < 1.29 is 9.47 Å². The summed E-state index contributed by atoms with van der Waals surface area (Å²) in [5.74, 6) is 4.19. The molecule has 0 bridgehead atoms. The molecule has 0 spiro atoms. The molecule has 0 aliphatic carbocycles. The summed E-state index contributed by atoms with van der Waals surface area (Å²) in [4.78, 5) is 0. The number of ether oxygens (including phenoxy) is 2. The molecule has 0 atom stereocenters. The molecule has 0 unspecified atom stereocenters. The fraction of sp³-hybridized carbons (Fsp3) is 0.529. The van der Waals surface area contributed by atoms with E-state index >= 15 is 0 Å². The van der Waals surface area contributed by atoms with Crippen molar-refractivity contribution in [2.75, 3.05) is 13.7 Å². The third kappa shape index (κ3) is 5.54. The average molecular weight is 275 g/mol. The van der Waals surface area contributed by atoms with Crippen LogP contribution in [0.1, 0.15) is 39.2 Å². The van der Waals surface area contributed by atoms with Gasteiger partial charge in [-0.2, -0.15) is 0 Å². The van der Waals surface area contributed by atoms with E-state index in [9.17, 15) is 0 Å². The molecule has 110 valence electrons. The SMILES string of the molecule is C#CCCCOc1c(CNC(C)(C)C)cccc1OC. The number of terminal acetylenes is 1. The molecule has 0 radical (unpaired) electrons. The van der Waals surface area contributed by atoms with Crippen molar-refractivity contribution in [2.45, 2.75) is 45.7 Å². The predicted molar refractivity (Wildman–Crippen MR) is 83.1 cm³/mol. The van der Waals surface area contributed by atoms with Crippen LogP contribution in [-0.2, 0) is 6.54 Å². The van der Waals surface area contributed by atoms with Gasteiger partial charge in [-0.05, 0) is 33.3 Å². The topological polar surface area (TPSA) is 30.5 Å². The van der Waals surface area contributed by atoms with Crippen molar-refractivity contribution in [1.29, 1.82) is 0 Å². The smallest absolute Gasteiger partial charge is 0.165 e. The largest absolute Gasteiger partial charge is 0.493 e. The second-order valence-electron chi connectivity index (χ2n) is 5.71. The van der Waals surface area contributed by atoms with E-state index in [1.807, 2.05) is 12.1 Å². The van der Waals surface area contributed by atoms with E-state index in [2.05, 4.69) is 38.1 Å². The van der Waals surface area contributed by atoms with Crippen molar-refractivity contribution in [3.63, 3.8) is 0 Å². The number of para-hydroxylation sites is 1. The fourth-order valence-corrected chi connectivity index (χ4v) is 1.73. The zero-order valence-corrected chi connectivity index (χ0v) is 13.0. The van der Waals surface area contributed by atoms with E-state index < -0.39 is 0 Å². The van der Waals surface area contributed by atoms with Gasteiger partial charge in [-0.15, -0.1) is 12.3 Å². The molecule has 0 aliphatic heterocycles. The first-order chi connectivity index (χ1) is 9.48. The normalized spacial score (nSPS) is 10.9. The van der Waals surface area contributed by atoms with Crippen molar-refractivity contribution >= 4 is 0 Å². The Hall–Kier alpha value is -1.66. The Morgan fingerprint density at radius 1 is 1.30 bits per heavy atom. The number of benzene rings is 1. The maximum Gasteiger partial charge on any atom is 0.165 e. The van der Waals surface area contributed by atoms with E-state index in [4.69, 9.17) is 15.9 Å². The molecule has 1 N–H and O–H groups in total.